The van der Waals surface area contributed by atoms with Crippen LogP contribution in [0.25, 0.3) is 10.8 Å². The first-order chi connectivity index (χ1) is 13.1. The fourth-order valence-electron chi connectivity index (χ4n) is 2.07. The lowest BCUT2D eigenvalue weighted by atomic mass is 10.3. The molecule has 0 amide bonds. The van der Waals surface area contributed by atoms with Crippen molar-refractivity contribution in [2.45, 2.75) is 12.7 Å². The number of nitriles is 1. The fraction of sp³-hybridized carbons (Fsp3) is 0.214. The molecule has 0 aliphatic rings. The lowest BCUT2D eigenvalue weighted by molar-refractivity contribution is -0.156. The summed E-state index contributed by atoms with van der Waals surface area (Å²) in [5.74, 6) is -1.87. The van der Waals surface area contributed by atoms with Gasteiger partial charge in [-0.25, -0.2) is 13.4 Å². The van der Waals surface area contributed by atoms with Crippen LogP contribution in [0.4, 0.5) is 18.9 Å². The maximum atomic E-state index is 12.6. The molecular weight excluding hydrogens is 421 g/mol. The van der Waals surface area contributed by atoms with Crippen LogP contribution in [0, 0.1) is 11.3 Å². The number of nitrogens with zero attached hydrogens (tertiary/aromatic N) is 6. The van der Waals surface area contributed by atoms with Crippen molar-refractivity contribution < 1.29 is 26.0 Å². The molecule has 0 aromatic carbocycles. The molecule has 0 N–H and O–H groups in total. The predicted molar refractivity (Wildman–Crippen MR) is 90.4 cm³/mol. The summed E-state index contributed by atoms with van der Waals surface area (Å²) in [5.41, 5.74) is 0.312. The lowest BCUT2D eigenvalue weighted by Gasteiger charge is -2.20. The Labute approximate surface area is 160 Å². The predicted octanol–water partition coefficient (Wildman–Crippen LogP) is 2.44. The number of anilines is 1. The lowest BCUT2D eigenvalue weighted by Crippen LogP contribution is -2.29. The van der Waals surface area contributed by atoms with Gasteiger partial charge in [-0.2, -0.15) is 18.4 Å². The number of aromatic nitrogens is 4. The monoisotopic (exact) mass is 430 g/mol. The molecule has 0 bridgehead atoms. The number of thiazole rings is 1. The average molecular weight is 430 g/mol. The first-order valence-electron chi connectivity index (χ1n) is 7.26. The number of rotatable bonds is 5. The summed E-state index contributed by atoms with van der Waals surface area (Å²) in [6.07, 6.45) is -0.0554. The van der Waals surface area contributed by atoms with E-state index in [2.05, 4.69) is 24.6 Å². The number of hydrogen-bond acceptors (Lipinski definition) is 9. The Bertz CT molecular complexity index is 1150. The van der Waals surface area contributed by atoms with Crippen molar-refractivity contribution in [3.63, 3.8) is 0 Å². The summed E-state index contributed by atoms with van der Waals surface area (Å²) in [5, 5.41) is 15.5. The molecule has 3 aromatic heterocycles. The molecule has 0 saturated heterocycles. The van der Waals surface area contributed by atoms with E-state index in [0.29, 0.717) is 0 Å². The number of sulfonamides is 1. The minimum atomic E-state index is -4.77. The van der Waals surface area contributed by atoms with Gasteiger partial charge < -0.3 is 4.42 Å². The van der Waals surface area contributed by atoms with Gasteiger partial charge in [-0.3, -0.25) is 9.29 Å². The Balaban J connectivity index is 1.89. The molecule has 3 heterocycles. The normalized spacial score (nSPS) is 12.0. The van der Waals surface area contributed by atoms with Crippen molar-refractivity contribution in [1.29, 1.82) is 5.26 Å². The molecule has 0 fully saturated rings. The molecule has 3 aromatic rings. The van der Waals surface area contributed by atoms with Crippen molar-refractivity contribution >= 4 is 27.0 Å². The summed E-state index contributed by atoms with van der Waals surface area (Å²) in [4.78, 5) is 7.98. The van der Waals surface area contributed by atoms with E-state index in [0.717, 1.165) is 21.9 Å². The second-order valence-electron chi connectivity index (χ2n) is 5.34. The first-order valence-corrected chi connectivity index (χ1v) is 9.93. The van der Waals surface area contributed by atoms with Crippen LogP contribution in [0.2, 0.25) is 0 Å². The largest absolute Gasteiger partial charge is 0.470 e. The van der Waals surface area contributed by atoms with Crippen LogP contribution in [0.5, 0.6) is 0 Å². The van der Waals surface area contributed by atoms with Crippen LogP contribution < -0.4 is 4.31 Å². The van der Waals surface area contributed by atoms with E-state index >= 15 is 0 Å². The molecule has 146 valence electrons. The standard InChI is InChI=1S/C14H9F3N6O3S2/c1-28(24,25)23(9-2-8(3-18)4-19-5-9)7-11-20-6-10(27-11)12-21-22-13(26-12)14(15,16)17/h2,4-6H,7H2,1H3. The van der Waals surface area contributed by atoms with Gasteiger partial charge >= 0.3 is 12.1 Å². The topological polar surface area (TPSA) is 126 Å². The van der Waals surface area contributed by atoms with Crippen molar-refractivity contribution in [3.8, 4) is 16.8 Å². The highest BCUT2D eigenvalue weighted by Gasteiger charge is 2.38. The zero-order chi connectivity index (χ0) is 20.5. The number of pyridine rings is 1. The first kappa shape index (κ1) is 19.7. The van der Waals surface area contributed by atoms with Crippen LogP contribution in [0.15, 0.2) is 29.1 Å². The number of halogens is 3. The van der Waals surface area contributed by atoms with E-state index in [-0.39, 0.29) is 33.6 Å². The van der Waals surface area contributed by atoms with E-state index in [9.17, 15) is 21.6 Å². The maximum absolute atomic E-state index is 12.6. The van der Waals surface area contributed by atoms with E-state index in [1.54, 1.807) is 0 Å². The third kappa shape index (κ3) is 4.26. The highest BCUT2D eigenvalue weighted by atomic mass is 32.2. The van der Waals surface area contributed by atoms with Crippen molar-refractivity contribution in [3.05, 3.63) is 41.1 Å². The molecule has 3 rings (SSSR count). The minimum absolute atomic E-state index is 0.148. The number of alkyl halides is 3. The van der Waals surface area contributed by atoms with Crippen LogP contribution in [-0.4, -0.2) is 34.8 Å². The van der Waals surface area contributed by atoms with E-state index < -0.39 is 22.1 Å². The van der Waals surface area contributed by atoms with Crippen LogP contribution in [0.3, 0.4) is 0 Å². The Morgan fingerprint density at radius 2 is 2.04 bits per heavy atom. The van der Waals surface area contributed by atoms with Crippen molar-refractivity contribution in [2.75, 3.05) is 10.6 Å². The van der Waals surface area contributed by atoms with Gasteiger partial charge in [-0.05, 0) is 6.07 Å². The fourth-order valence-corrected chi connectivity index (χ4v) is 3.82. The second kappa shape index (κ2) is 7.17. The van der Waals surface area contributed by atoms with Crippen molar-refractivity contribution in [1.82, 2.24) is 20.2 Å². The molecule has 0 unspecified atom stereocenters. The summed E-state index contributed by atoms with van der Waals surface area (Å²) < 4.78 is 67.5. The van der Waals surface area contributed by atoms with Gasteiger partial charge in [0, 0.05) is 6.20 Å². The smallest absolute Gasteiger partial charge is 0.412 e. The van der Waals surface area contributed by atoms with Crippen molar-refractivity contribution in [2.24, 2.45) is 0 Å². The van der Waals surface area contributed by atoms with Gasteiger partial charge in [0.2, 0.25) is 10.0 Å². The Hall–Kier alpha value is -3.05. The molecule has 0 atom stereocenters. The van der Waals surface area contributed by atoms with E-state index in [1.165, 1.54) is 24.7 Å². The molecule has 9 nitrogen and oxygen atoms in total. The molecule has 0 spiro atoms. The maximum Gasteiger partial charge on any atom is 0.470 e. The molecular formula is C14H9F3N6O3S2. The molecule has 14 heteroatoms. The van der Waals surface area contributed by atoms with Crippen LogP contribution in [0.1, 0.15) is 16.5 Å². The summed E-state index contributed by atoms with van der Waals surface area (Å²) >= 11 is 0.893. The zero-order valence-corrected chi connectivity index (χ0v) is 15.5. The highest BCUT2D eigenvalue weighted by molar-refractivity contribution is 7.92. The molecule has 0 saturated carbocycles. The number of hydrogen-bond donors (Lipinski definition) is 0. The second-order valence-corrected chi connectivity index (χ2v) is 8.36. The van der Waals surface area contributed by atoms with Gasteiger partial charge in [-0.1, -0.05) is 0 Å². The SMILES string of the molecule is CS(=O)(=O)N(Cc1ncc(-c2nnc(C(F)(F)F)o2)s1)c1cncc(C#N)c1. The van der Waals surface area contributed by atoms with Crippen LogP contribution >= 0.6 is 11.3 Å². The van der Waals surface area contributed by atoms with Gasteiger partial charge in [0.05, 0.1) is 36.4 Å². The quantitative estimate of drug-likeness (QED) is 0.604. The highest BCUT2D eigenvalue weighted by Crippen LogP contribution is 2.32. The average Bonchev–Trinajstić information content (AvgIpc) is 3.27. The molecule has 28 heavy (non-hydrogen) atoms. The van der Waals surface area contributed by atoms with Gasteiger partial charge in [-0.15, -0.1) is 21.5 Å². The molecule has 0 aliphatic carbocycles. The molecule has 0 radical (unpaired) electrons. The minimum Gasteiger partial charge on any atom is -0.412 e. The van der Waals surface area contributed by atoms with Gasteiger partial charge in [0.15, 0.2) is 0 Å². The van der Waals surface area contributed by atoms with Gasteiger partial charge in [0.25, 0.3) is 5.89 Å². The Morgan fingerprint density at radius 1 is 1.29 bits per heavy atom. The van der Waals surface area contributed by atoms with E-state index in [4.69, 9.17) is 5.26 Å². The van der Waals surface area contributed by atoms with Gasteiger partial charge in [0.1, 0.15) is 16.0 Å². The summed E-state index contributed by atoms with van der Waals surface area (Å²) in [6, 6.07) is 3.20. The van der Waals surface area contributed by atoms with Crippen LogP contribution in [-0.2, 0) is 22.7 Å². The Morgan fingerprint density at radius 3 is 2.64 bits per heavy atom. The molecule has 0 aliphatic heterocycles. The third-order valence-corrected chi connectivity index (χ3v) is 5.36. The Kier molecular flexibility index (Phi) is 5.04. The summed E-state index contributed by atoms with van der Waals surface area (Å²) in [6.45, 7) is -0.222. The third-order valence-electron chi connectivity index (χ3n) is 3.25. The van der Waals surface area contributed by atoms with E-state index in [1.807, 2.05) is 6.07 Å². The summed E-state index contributed by atoms with van der Waals surface area (Å²) in [7, 11) is -3.76. The zero-order valence-electron chi connectivity index (χ0n) is 13.9.